The number of nitrogens with one attached hydrogen (secondary N) is 1. The van der Waals surface area contributed by atoms with Gasteiger partial charge in [0.25, 0.3) is 5.91 Å². The van der Waals surface area contributed by atoms with Crippen LogP contribution in [0, 0.1) is 0 Å². The molecule has 0 unspecified atom stereocenters. The van der Waals surface area contributed by atoms with Crippen LogP contribution in [0.25, 0.3) is 0 Å². The highest BCUT2D eigenvalue weighted by molar-refractivity contribution is 7.85. The standard InChI is InChI=1S/C9H13N3O5S/c13-5-2-10-9(14)8-1-3-12(11-7-8)4-6-18(15,16)17/h1,3,7,13H,2,4-6H2,(H-,10,14,15,16,17). The quantitative estimate of drug-likeness (QED) is 0.442. The zero-order valence-electron chi connectivity index (χ0n) is 9.44. The lowest BCUT2D eigenvalue weighted by Gasteiger charge is -2.03. The minimum atomic E-state index is -4.28. The number of rotatable bonds is 6. The maximum Gasteiger partial charge on any atom is 0.253 e. The lowest BCUT2D eigenvalue weighted by atomic mass is 10.3. The molecule has 100 valence electrons. The first kappa shape index (κ1) is 14.5. The highest BCUT2D eigenvalue weighted by atomic mass is 32.2. The van der Waals surface area contributed by atoms with Crippen molar-refractivity contribution < 1.29 is 27.6 Å². The van der Waals surface area contributed by atoms with Gasteiger partial charge in [0.1, 0.15) is 16.3 Å². The van der Waals surface area contributed by atoms with Gasteiger partial charge in [-0.15, -0.1) is 0 Å². The van der Waals surface area contributed by atoms with Crippen LogP contribution in [0.5, 0.6) is 0 Å². The summed E-state index contributed by atoms with van der Waals surface area (Å²) in [6, 6.07) is 1.44. The molecule has 0 bridgehead atoms. The summed E-state index contributed by atoms with van der Waals surface area (Å²) in [5.74, 6) is -0.944. The van der Waals surface area contributed by atoms with Crippen LogP contribution in [0.4, 0.5) is 0 Å². The van der Waals surface area contributed by atoms with Crippen LogP contribution in [0.2, 0.25) is 0 Å². The van der Waals surface area contributed by atoms with Crippen molar-refractivity contribution in [2.45, 2.75) is 6.54 Å². The van der Waals surface area contributed by atoms with Crippen LogP contribution in [0.15, 0.2) is 18.5 Å². The number of aromatic nitrogens is 2. The summed E-state index contributed by atoms with van der Waals surface area (Å²) in [4.78, 5) is 11.4. The Morgan fingerprint density at radius 1 is 1.56 bits per heavy atom. The second-order valence-corrected chi connectivity index (χ2v) is 4.94. The fraction of sp³-hybridized carbons (Fsp3) is 0.444. The maximum atomic E-state index is 11.4. The van der Waals surface area contributed by atoms with Crippen molar-refractivity contribution in [1.29, 1.82) is 0 Å². The number of nitrogens with zero attached hydrogens (tertiary/aromatic N) is 2. The molecule has 0 aliphatic carbocycles. The predicted octanol–water partition coefficient (Wildman–Crippen LogP) is -2.36. The van der Waals surface area contributed by atoms with E-state index in [1.807, 2.05) is 0 Å². The van der Waals surface area contributed by atoms with Gasteiger partial charge in [-0.1, -0.05) is 4.68 Å². The van der Waals surface area contributed by atoms with Crippen molar-refractivity contribution in [3.05, 3.63) is 24.0 Å². The largest absolute Gasteiger partial charge is 0.748 e. The molecule has 1 rings (SSSR count). The van der Waals surface area contributed by atoms with Crippen molar-refractivity contribution in [2.75, 3.05) is 18.9 Å². The van der Waals surface area contributed by atoms with Crippen molar-refractivity contribution >= 4 is 16.0 Å². The fourth-order valence-corrected chi connectivity index (χ4v) is 1.54. The van der Waals surface area contributed by atoms with Gasteiger partial charge in [-0.3, -0.25) is 4.79 Å². The molecule has 0 saturated carbocycles. The van der Waals surface area contributed by atoms with E-state index in [9.17, 15) is 17.8 Å². The van der Waals surface area contributed by atoms with E-state index in [2.05, 4.69) is 10.4 Å². The summed E-state index contributed by atoms with van der Waals surface area (Å²) >= 11 is 0. The number of amides is 1. The first-order chi connectivity index (χ1) is 8.42. The van der Waals surface area contributed by atoms with E-state index >= 15 is 0 Å². The van der Waals surface area contributed by atoms with Crippen LogP contribution in [-0.2, 0) is 16.7 Å². The van der Waals surface area contributed by atoms with Gasteiger partial charge in [-0.25, -0.2) is 8.42 Å². The molecule has 18 heavy (non-hydrogen) atoms. The number of aliphatic hydroxyl groups is 1. The summed E-state index contributed by atoms with van der Waals surface area (Å²) in [6.07, 6.45) is 2.66. The third-order valence-corrected chi connectivity index (χ3v) is 2.68. The van der Waals surface area contributed by atoms with Gasteiger partial charge in [0.2, 0.25) is 0 Å². The van der Waals surface area contributed by atoms with Crippen LogP contribution in [-0.4, -0.2) is 48.0 Å². The second kappa shape index (κ2) is 6.38. The van der Waals surface area contributed by atoms with Crippen molar-refractivity contribution in [2.24, 2.45) is 0 Å². The van der Waals surface area contributed by atoms with E-state index in [0.717, 1.165) is 0 Å². The zero-order valence-corrected chi connectivity index (χ0v) is 10.3. The summed E-state index contributed by atoms with van der Waals surface area (Å²) < 4.78 is 32.5. The van der Waals surface area contributed by atoms with E-state index in [1.54, 1.807) is 0 Å². The van der Waals surface area contributed by atoms with Crippen LogP contribution in [0.3, 0.4) is 0 Å². The molecule has 0 radical (unpaired) electrons. The normalized spacial score (nSPS) is 11.2. The lowest BCUT2D eigenvalue weighted by molar-refractivity contribution is -0.750. The molecule has 0 aliphatic rings. The summed E-state index contributed by atoms with van der Waals surface area (Å²) in [7, 11) is -4.28. The molecular weight excluding hydrogens is 262 g/mol. The van der Waals surface area contributed by atoms with E-state index in [1.165, 1.54) is 23.1 Å². The molecule has 0 atom stereocenters. The molecule has 1 aromatic rings. The SMILES string of the molecule is O=C(NCCO)c1cc[n+](CCS(=O)(=O)[O-])nc1. The Morgan fingerprint density at radius 3 is 2.78 bits per heavy atom. The van der Waals surface area contributed by atoms with Crippen LogP contribution in [0.1, 0.15) is 10.4 Å². The molecule has 8 nitrogen and oxygen atoms in total. The third-order valence-electron chi connectivity index (χ3n) is 2.00. The fourth-order valence-electron chi connectivity index (χ4n) is 1.13. The smallest absolute Gasteiger partial charge is 0.253 e. The number of carbonyl (C=O) groups excluding carboxylic acids is 1. The Bertz CT molecular complexity index is 499. The number of hydrogen-bond donors (Lipinski definition) is 2. The van der Waals surface area contributed by atoms with Gasteiger partial charge >= 0.3 is 0 Å². The highest BCUT2D eigenvalue weighted by Crippen LogP contribution is 1.92. The van der Waals surface area contributed by atoms with Gasteiger partial charge < -0.3 is 15.0 Å². The second-order valence-electron chi connectivity index (χ2n) is 3.42. The number of aliphatic hydroxyl groups excluding tert-OH is 1. The summed E-state index contributed by atoms with van der Waals surface area (Å²) in [6.45, 7) is -0.0834. The Balaban J connectivity index is 2.60. The molecule has 0 fully saturated rings. The topological polar surface area (TPSA) is 123 Å². The van der Waals surface area contributed by atoms with Gasteiger partial charge in [0, 0.05) is 12.6 Å². The Hall–Kier alpha value is -1.58. The molecule has 1 aromatic heterocycles. The highest BCUT2D eigenvalue weighted by Gasteiger charge is 2.10. The average molecular weight is 275 g/mol. The maximum absolute atomic E-state index is 11.4. The van der Waals surface area contributed by atoms with Gasteiger partial charge in [-0.05, 0) is 5.10 Å². The molecule has 1 heterocycles. The monoisotopic (exact) mass is 275 g/mol. The Labute approximate surface area is 104 Å². The average Bonchev–Trinajstić information content (AvgIpc) is 2.33. The minimum absolute atomic E-state index is 0.0651. The van der Waals surface area contributed by atoms with Crippen molar-refractivity contribution in [3.63, 3.8) is 0 Å². The molecule has 0 saturated heterocycles. The molecule has 0 aliphatic heterocycles. The van der Waals surface area contributed by atoms with E-state index in [-0.39, 0.29) is 31.2 Å². The Kier molecular flexibility index (Phi) is 5.13. The summed E-state index contributed by atoms with van der Waals surface area (Å²) in [5, 5.41) is 14.8. The molecular formula is C9H13N3O5S. The first-order valence-electron chi connectivity index (χ1n) is 5.11. The molecule has 2 N–H and O–H groups in total. The third kappa shape index (κ3) is 5.17. The van der Waals surface area contributed by atoms with Crippen molar-refractivity contribution in [1.82, 2.24) is 10.4 Å². The van der Waals surface area contributed by atoms with Gasteiger partial charge in [0.05, 0.1) is 17.9 Å². The molecule has 0 spiro atoms. The number of aryl methyl sites for hydroxylation is 1. The number of hydrogen-bond acceptors (Lipinski definition) is 6. The zero-order chi connectivity index (χ0) is 13.6. The van der Waals surface area contributed by atoms with Gasteiger partial charge in [-0.2, -0.15) is 0 Å². The number of carbonyl (C=O) groups is 1. The molecule has 1 amide bonds. The molecule has 9 heteroatoms. The summed E-state index contributed by atoms with van der Waals surface area (Å²) in [5.41, 5.74) is 0.282. The molecule has 0 aromatic carbocycles. The van der Waals surface area contributed by atoms with Gasteiger partial charge in [0.15, 0.2) is 12.7 Å². The van der Waals surface area contributed by atoms with Crippen LogP contribution >= 0.6 is 0 Å². The van der Waals surface area contributed by atoms with E-state index in [4.69, 9.17) is 5.11 Å². The van der Waals surface area contributed by atoms with E-state index < -0.39 is 15.9 Å². The minimum Gasteiger partial charge on any atom is -0.748 e. The lowest BCUT2D eigenvalue weighted by Crippen LogP contribution is -2.41. The van der Waals surface area contributed by atoms with Crippen LogP contribution < -0.4 is 10.00 Å². The van der Waals surface area contributed by atoms with Crippen molar-refractivity contribution in [3.8, 4) is 0 Å². The first-order valence-corrected chi connectivity index (χ1v) is 6.68. The van der Waals surface area contributed by atoms with E-state index in [0.29, 0.717) is 0 Å². The predicted molar refractivity (Wildman–Crippen MR) is 58.4 cm³/mol. The Morgan fingerprint density at radius 2 is 2.28 bits per heavy atom.